The predicted octanol–water partition coefficient (Wildman–Crippen LogP) is 2.34. The fourth-order valence-electron chi connectivity index (χ4n) is 1.58. The molecule has 1 rings (SSSR count). The Morgan fingerprint density at radius 3 is 2.44 bits per heavy atom. The topological polar surface area (TPSA) is 21.3 Å². The van der Waals surface area contributed by atoms with E-state index in [0.29, 0.717) is 6.61 Å². The summed E-state index contributed by atoms with van der Waals surface area (Å²) in [4.78, 5) is 0. The molecule has 1 aromatic carbocycles. The number of methoxy groups -OCH3 is 1. The highest BCUT2D eigenvalue weighted by Gasteiger charge is 2.19. The Labute approximate surface area is 96.8 Å². The lowest BCUT2D eigenvalue weighted by Crippen LogP contribution is -2.34. The number of rotatable bonds is 6. The number of hydrogen-bond donors (Lipinski definition) is 1. The van der Waals surface area contributed by atoms with Crippen LogP contribution in [-0.2, 0) is 10.2 Å². The first-order valence-electron chi connectivity index (χ1n) is 5.52. The zero-order chi connectivity index (χ0) is 12.0. The van der Waals surface area contributed by atoms with Crippen LogP contribution in [0, 0.1) is 5.82 Å². The normalized spacial score (nSPS) is 11.8. The van der Waals surface area contributed by atoms with Crippen molar-refractivity contribution in [3.05, 3.63) is 35.6 Å². The average molecular weight is 225 g/mol. The van der Waals surface area contributed by atoms with Gasteiger partial charge < -0.3 is 10.1 Å². The van der Waals surface area contributed by atoms with Crippen molar-refractivity contribution in [2.24, 2.45) is 0 Å². The van der Waals surface area contributed by atoms with Crippen molar-refractivity contribution in [3.8, 4) is 0 Å². The second-order valence-electron chi connectivity index (χ2n) is 4.56. The molecular weight excluding hydrogens is 205 g/mol. The standard InChI is InChI=1S/C13H20FNO/c1-13(2,10-15-8-9-16-3)11-4-6-12(14)7-5-11/h4-7,15H,8-10H2,1-3H3. The molecule has 0 heterocycles. The van der Waals surface area contributed by atoms with E-state index in [2.05, 4.69) is 19.2 Å². The summed E-state index contributed by atoms with van der Waals surface area (Å²) in [7, 11) is 1.69. The Kier molecular flexibility index (Phi) is 4.90. The monoisotopic (exact) mass is 225 g/mol. The highest BCUT2D eigenvalue weighted by Crippen LogP contribution is 2.22. The highest BCUT2D eigenvalue weighted by atomic mass is 19.1. The molecule has 1 aromatic rings. The largest absolute Gasteiger partial charge is 0.383 e. The summed E-state index contributed by atoms with van der Waals surface area (Å²) in [5, 5.41) is 3.32. The smallest absolute Gasteiger partial charge is 0.123 e. The summed E-state index contributed by atoms with van der Waals surface area (Å²) in [6, 6.07) is 6.69. The van der Waals surface area contributed by atoms with Gasteiger partial charge in [-0.3, -0.25) is 0 Å². The molecule has 0 fully saturated rings. The lowest BCUT2D eigenvalue weighted by molar-refractivity contribution is 0.197. The molecule has 0 saturated heterocycles. The van der Waals surface area contributed by atoms with E-state index >= 15 is 0 Å². The SMILES string of the molecule is COCCNCC(C)(C)c1ccc(F)cc1. The maximum Gasteiger partial charge on any atom is 0.123 e. The Morgan fingerprint density at radius 1 is 1.25 bits per heavy atom. The molecule has 2 nitrogen and oxygen atoms in total. The van der Waals surface area contributed by atoms with Gasteiger partial charge in [0.2, 0.25) is 0 Å². The summed E-state index contributed by atoms with van der Waals surface area (Å²) in [6.07, 6.45) is 0. The minimum Gasteiger partial charge on any atom is -0.383 e. The first-order chi connectivity index (χ1) is 7.56. The molecule has 0 unspecified atom stereocenters. The molecule has 0 saturated carbocycles. The van der Waals surface area contributed by atoms with E-state index in [0.717, 1.165) is 18.7 Å². The lowest BCUT2D eigenvalue weighted by Gasteiger charge is -2.25. The van der Waals surface area contributed by atoms with Crippen molar-refractivity contribution in [1.82, 2.24) is 5.32 Å². The van der Waals surface area contributed by atoms with E-state index in [1.165, 1.54) is 12.1 Å². The van der Waals surface area contributed by atoms with Crippen LogP contribution in [0.2, 0.25) is 0 Å². The maximum absolute atomic E-state index is 12.8. The first-order valence-corrected chi connectivity index (χ1v) is 5.52. The molecule has 90 valence electrons. The van der Waals surface area contributed by atoms with Crippen LogP contribution in [0.15, 0.2) is 24.3 Å². The second kappa shape index (κ2) is 5.97. The Balaban J connectivity index is 2.52. The van der Waals surface area contributed by atoms with E-state index in [-0.39, 0.29) is 11.2 Å². The quantitative estimate of drug-likeness (QED) is 0.750. The summed E-state index contributed by atoms with van der Waals surface area (Å²) in [5.74, 6) is -0.188. The van der Waals surface area contributed by atoms with Crippen molar-refractivity contribution in [1.29, 1.82) is 0 Å². The summed E-state index contributed by atoms with van der Waals surface area (Å²) in [5.41, 5.74) is 1.14. The maximum atomic E-state index is 12.8. The molecule has 0 radical (unpaired) electrons. The minimum atomic E-state index is -0.188. The summed E-state index contributed by atoms with van der Waals surface area (Å²) in [6.45, 7) is 6.67. The van der Waals surface area contributed by atoms with Crippen LogP contribution in [0.3, 0.4) is 0 Å². The van der Waals surface area contributed by atoms with Crippen LogP contribution in [0.25, 0.3) is 0 Å². The Hall–Kier alpha value is -0.930. The number of ether oxygens (including phenoxy) is 1. The predicted molar refractivity (Wildman–Crippen MR) is 64.2 cm³/mol. The van der Waals surface area contributed by atoms with E-state index in [4.69, 9.17) is 4.74 Å². The molecule has 1 N–H and O–H groups in total. The van der Waals surface area contributed by atoms with Gasteiger partial charge in [-0.05, 0) is 17.7 Å². The molecule has 0 atom stereocenters. The van der Waals surface area contributed by atoms with Crippen molar-refractivity contribution < 1.29 is 9.13 Å². The summed E-state index contributed by atoms with van der Waals surface area (Å²) < 4.78 is 17.8. The molecule has 0 aromatic heterocycles. The van der Waals surface area contributed by atoms with Crippen molar-refractivity contribution in [2.75, 3.05) is 26.8 Å². The molecule has 0 spiro atoms. The third kappa shape index (κ3) is 3.91. The van der Waals surface area contributed by atoms with E-state index in [1.54, 1.807) is 7.11 Å². The second-order valence-corrected chi connectivity index (χ2v) is 4.56. The number of nitrogens with one attached hydrogen (secondary N) is 1. The number of benzene rings is 1. The third-order valence-electron chi connectivity index (χ3n) is 2.68. The van der Waals surface area contributed by atoms with Gasteiger partial charge in [-0.25, -0.2) is 4.39 Å². The fourth-order valence-corrected chi connectivity index (χ4v) is 1.58. The molecule has 0 amide bonds. The zero-order valence-electron chi connectivity index (χ0n) is 10.2. The van der Waals surface area contributed by atoms with Gasteiger partial charge in [-0.1, -0.05) is 26.0 Å². The first kappa shape index (κ1) is 13.1. The van der Waals surface area contributed by atoms with Crippen LogP contribution in [0.5, 0.6) is 0 Å². The van der Waals surface area contributed by atoms with Gasteiger partial charge in [-0.15, -0.1) is 0 Å². The van der Waals surface area contributed by atoms with Crippen molar-refractivity contribution in [2.45, 2.75) is 19.3 Å². The summed E-state index contributed by atoms with van der Waals surface area (Å²) >= 11 is 0. The van der Waals surface area contributed by atoms with Gasteiger partial charge in [0.05, 0.1) is 6.61 Å². The lowest BCUT2D eigenvalue weighted by atomic mass is 9.84. The Morgan fingerprint density at radius 2 is 1.88 bits per heavy atom. The molecule has 0 aliphatic rings. The van der Waals surface area contributed by atoms with Crippen LogP contribution >= 0.6 is 0 Å². The Bertz CT molecular complexity index is 308. The molecule has 3 heteroatoms. The highest BCUT2D eigenvalue weighted by molar-refractivity contribution is 5.24. The fraction of sp³-hybridized carbons (Fsp3) is 0.538. The molecule has 0 aliphatic heterocycles. The van der Waals surface area contributed by atoms with Crippen LogP contribution < -0.4 is 5.32 Å². The average Bonchev–Trinajstić information content (AvgIpc) is 2.25. The van der Waals surface area contributed by atoms with Gasteiger partial charge in [0, 0.05) is 25.6 Å². The van der Waals surface area contributed by atoms with Gasteiger partial charge in [0.25, 0.3) is 0 Å². The minimum absolute atomic E-state index is 0.00143. The zero-order valence-corrected chi connectivity index (χ0v) is 10.2. The van der Waals surface area contributed by atoms with Crippen LogP contribution in [-0.4, -0.2) is 26.8 Å². The van der Waals surface area contributed by atoms with Gasteiger partial charge in [-0.2, -0.15) is 0 Å². The third-order valence-corrected chi connectivity index (χ3v) is 2.68. The molecule has 16 heavy (non-hydrogen) atoms. The molecular formula is C13H20FNO. The van der Waals surface area contributed by atoms with Crippen LogP contribution in [0.1, 0.15) is 19.4 Å². The van der Waals surface area contributed by atoms with Gasteiger partial charge in [0.1, 0.15) is 5.82 Å². The van der Waals surface area contributed by atoms with E-state index in [1.807, 2.05) is 12.1 Å². The van der Waals surface area contributed by atoms with Crippen LogP contribution in [0.4, 0.5) is 4.39 Å². The number of halogens is 1. The van der Waals surface area contributed by atoms with Gasteiger partial charge >= 0.3 is 0 Å². The number of hydrogen-bond acceptors (Lipinski definition) is 2. The van der Waals surface area contributed by atoms with E-state index in [9.17, 15) is 4.39 Å². The van der Waals surface area contributed by atoms with Crippen molar-refractivity contribution >= 4 is 0 Å². The molecule has 0 bridgehead atoms. The van der Waals surface area contributed by atoms with E-state index < -0.39 is 0 Å². The molecule has 0 aliphatic carbocycles. The van der Waals surface area contributed by atoms with Crippen molar-refractivity contribution in [3.63, 3.8) is 0 Å². The van der Waals surface area contributed by atoms with Gasteiger partial charge in [0.15, 0.2) is 0 Å².